The summed E-state index contributed by atoms with van der Waals surface area (Å²) in [5, 5.41) is 14.4. The summed E-state index contributed by atoms with van der Waals surface area (Å²) in [7, 11) is 1.51. The SMILES string of the molecule is CNC(=O)C1=C(C(=O)N[C@H]2CC[C@H](C(=O)Nc3ccncc3Cl)CC2)NCN1. The Morgan fingerprint density at radius 2 is 1.79 bits per heavy atom. The molecule has 1 aromatic rings. The molecule has 0 unspecified atom stereocenters. The summed E-state index contributed by atoms with van der Waals surface area (Å²) in [4.78, 5) is 40.6. The molecule has 1 aliphatic heterocycles. The van der Waals surface area contributed by atoms with E-state index >= 15 is 0 Å². The van der Waals surface area contributed by atoms with E-state index in [0.717, 1.165) is 0 Å². The molecule has 3 amide bonds. The Labute approximate surface area is 167 Å². The lowest BCUT2D eigenvalue weighted by Crippen LogP contribution is -2.42. The lowest BCUT2D eigenvalue weighted by Gasteiger charge is -2.28. The average Bonchev–Trinajstić information content (AvgIpc) is 3.19. The van der Waals surface area contributed by atoms with Gasteiger partial charge in [-0.1, -0.05) is 11.6 Å². The fourth-order valence-electron chi connectivity index (χ4n) is 3.38. The standard InChI is InChI=1S/C18H23ClN6O3/c1-20-17(27)14-15(23-9-22-14)18(28)24-11-4-2-10(3-5-11)16(26)25-13-6-7-21-8-12(13)19/h6-8,10-11,22-23H,2-5,9H2,1H3,(H,20,27)(H,24,28)(H,21,25,26)/t10-,11-. The molecular formula is C18H23ClN6O3. The number of pyridine rings is 1. The molecule has 1 aliphatic carbocycles. The van der Waals surface area contributed by atoms with E-state index in [2.05, 4.69) is 31.6 Å². The van der Waals surface area contributed by atoms with Crippen LogP contribution >= 0.6 is 11.6 Å². The number of nitrogens with one attached hydrogen (secondary N) is 5. The van der Waals surface area contributed by atoms with Crippen LogP contribution in [0.15, 0.2) is 29.9 Å². The van der Waals surface area contributed by atoms with Crippen molar-refractivity contribution in [1.29, 1.82) is 0 Å². The molecule has 1 aromatic heterocycles. The molecule has 0 saturated heterocycles. The molecule has 0 atom stereocenters. The largest absolute Gasteiger partial charge is 0.362 e. The number of hydrogen-bond donors (Lipinski definition) is 5. The van der Waals surface area contributed by atoms with Gasteiger partial charge in [-0.25, -0.2) is 0 Å². The summed E-state index contributed by atoms with van der Waals surface area (Å²) in [5.41, 5.74) is 1.03. The average molecular weight is 407 g/mol. The van der Waals surface area contributed by atoms with Gasteiger partial charge in [-0.05, 0) is 31.7 Å². The minimum atomic E-state index is -0.342. The van der Waals surface area contributed by atoms with Crippen molar-refractivity contribution in [2.75, 3.05) is 19.0 Å². The van der Waals surface area contributed by atoms with Crippen LogP contribution < -0.4 is 26.6 Å². The van der Waals surface area contributed by atoms with E-state index in [1.165, 1.54) is 13.2 Å². The molecule has 28 heavy (non-hydrogen) atoms. The topological polar surface area (TPSA) is 124 Å². The van der Waals surface area contributed by atoms with Crippen LogP contribution in [0.25, 0.3) is 0 Å². The van der Waals surface area contributed by atoms with Crippen molar-refractivity contribution >= 4 is 35.0 Å². The Morgan fingerprint density at radius 1 is 1.11 bits per heavy atom. The summed E-state index contributed by atoms with van der Waals surface area (Å²) < 4.78 is 0. The van der Waals surface area contributed by atoms with Crippen LogP contribution in [-0.4, -0.2) is 42.5 Å². The zero-order valence-electron chi connectivity index (χ0n) is 15.5. The Hall–Kier alpha value is -2.81. The van der Waals surface area contributed by atoms with Gasteiger partial charge < -0.3 is 26.6 Å². The van der Waals surface area contributed by atoms with Crippen molar-refractivity contribution in [3.8, 4) is 0 Å². The molecule has 0 aromatic carbocycles. The smallest absolute Gasteiger partial charge is 0.269 e. The predicted octanol–water partition coefficient (Wildman–Crippen LogP) is 0.456. The maximum Gasteiger partial charge on any atom is 0.269 e. The van der Waals surface area contributed by atoms with Gasteiger partial charge in [0.25, 0.3) is 11.8 Å². The molecule has 0 spiro atoms. The highest BCUT2D eigenvalue weighted by atomic mass is 35.5. The van der Waals surface area contributed by atoms with Crippen molar-refractivity contribution in [2.45, 2.75) is 31.7 Å². The molecule has 10 heteroatoms. The van der Waals surface area contributed by atoms with E-state index in [0.29, 0.717) is 43.1 Å². The first-order chi connectivity index (χ1) is 13.5. The first-order valence-electron chi connectivity index (χ1n) is 9.15. The number of anilines is 1. The fraction of sp³-hybridized carbons (Fsp3) is 0.444. The molecule has 0 radical (unpaired) electrons. The number of amides is 3. The normalized spacial score (nSPS) is 21.4. The quantitative estimate of drug-likeness (QED) is 0.484. The number of rotatable bonds is 5. The molecule has 1 fully saturated rings. The lowest BCUT2D eigenvalue weighted by molar-refractivity contribution is -0.121. The Bertz CT molecular complexity index is 804. The van der Waals surface area contributed by atoms with Crippen LogP contribution in [0.4, 0.5) is 5.69 Å². The van der Waals surface area contributed by atoms with Gasteiger partial charge in [-0.2, -0.15) is 0 Å². The van der Waals surface area contributed by atoms with Crippen LogP contribution in [0.5, 0.6) is 0 Å². The van der Waals surface area contributed by atoms with Crippen molar-refractivity contribution in [2.24, 2.45) is 5.92 Å². The maximum atomic E-state index is 12.5. The van der Waals surface area contributed by atoms with Crippen molar-refractivity contribution < 1.29 is 14.4 Å². The molecule has 0 bridgehead atoms. The third-order valence-corrected chi connectivity index (χ3v) is 5.23. The molecular weight excluding hydrogens is 384 g/mol. The highest BCUT2D eigenvalue weighted by Crippen LogP contribution is 2.27. The van der Waals surface area contributed by atoms with Crippen LogP contribution in [-0.2, 0) is 14.4 Å². The number of nitrogens with zero attached hydrogens (tertiary/aromatic N) is 1. The molecule has 150 valence electrons. The third kappa shape index (κ3) is 4.53. The molecule has 3 rings (SSSR count). The predicted molar refractivity (Wildman–Crippen MR) is 104 cm³/mol. The van der Waals surface area contributed by atoms with Crippen molar-refractivity contribution in [1.82, 2.24) is 26.3 Å². The Balaban J connectivity index is 1.51. The van der Waals surface area contributed by atoms with E-state index in [4.69, 9.17) is 11.6 Å². The van der Waals surface area contributed by atoms with Gasteiger partial charge in [0.05, 0.1) is 17.4 Å². The minimum Gasteiger partial charge on any atom is -0.362 e. The first kappa shape index (κ1) is 19.9. The summed E-state index contributed by atoms with van der Waals surface area (Å²) in [6.07, 6.45) is 5.74. The monoisotopic (exact) mass is 406 g/mol. The van der Waals surface area contributed by atoms with Crippen LogP contribution in [0, 0.1) is 5.92 Å². The molecule has 2 aliphatic rings. The van der Waals surface area contributed by atoms with E-state index in [-0.39, 0.29) is 41.1 Å². The highest BCUT2D eigenvalue weighted by molar-refractivity contribution is 6.33. The number of aromatic nitrogens is 1. The summed E-state index contributed by atoms with van der Waals surface area (Å²) >= 11 is 6.03. The van der Waals surface area contributed by atoms with Crippen molar-refractivity contribution in [3.63, 3.8) is 0 Å². The number of likely N-dealkylation sites (N-methyl/N-ethyl adjacent to an activating group) is 1. The lowest BCUT2D eigenvalue weighted by atomic mass is 9.85. The maximum absolute atomic E-state index is 12.5. The van der Waals surface area contributed by atoms with Crippen LogP contribution in [0.2, 0.25) is 5.02 Å². The van der Waals surface area contributed by atoms with Gasteiger partial charge in [0.1, 0.15) is 11.4 Å². The van der Waals surface area contributed by atoms with Crippen molar-refractivity contribution in [3.05, 3.63) is 34.9 Å². The van der Waals surface area contributed by atoms with Gasteiger partial charge in [0.15, 0.2) is 0 Å². The Kier molecular flexibility index (Phi) is 6.35. The van der Waals surface area contributed by atoms with Crippen LogP contribution in [0.1, 0.15) is 25.7 Å². The molecule has 2 heterocycles. The highest BCUT2D eigenvalue weighted by Gasteiger charge is 2.30. The molecule has 1 saturated carbocycles. The second kappa shape index (κ2) is 8.92. The number of hydrogen-bond acceptors (Lipinski definition) is 6. The third-order valence-electron chi connectivity index (χ3n) is 4.93. The van der Waals surface area contributed by atoms with Gasteiger partial charge >= 0.3 is 0 Å². The second-order valence-electron chi connectivity index (χ2n) is 6.73. The molecule has 5 N–H and O–H groups in total. The zero-order valence-corrected chi connectivity index (χ0v) is 16.2. The zero-order chi connectivity index (χ0) is 20.1. The number of carbonyl (C=O) groups excluding carboxylic acids is 3. The van der Waals surface area contributed by atoms with Gasteiger partial charge in [0.2, 0.25) is 5.91 Å². The van der Waals surface area contributed by atoms with Crippen LogP contribution in [0.3, 0.4) is 0 Å². The minimum absolute atomic E-state index is 0.0399. The first-order valence-corrected chi connectivity index (χ1v) is 9.52. The summed E-state index contributed by atoms with van der Waals surface area (Å²) in [5.74, 6) is -0.876. The van der Waals surface area contributed by atoms with Gasteiger partial charge in [-0.3, -0.25) is 19.4 Å². The van der Waals surface area contributed by atoms with Gasteiger partial charge in [-0.15, -0.1) is 0 Å². The Morgan fingerprint density at radius 3 is 2.43 bits per heavy atom. The summed E-state index contributed by atoms with van der Waals surface area (Å²) in [6, 6.07) is 1.62. The number of carbonyl (C=O) groups is 3. The van der Waals surface area contributed by atoms with E-state index in [1.807, 2.05) is 0 Å². The van der Waals surface area contributed by atoms with Gasteiger partial charge in [0, 0.05) is 31.4 Å². The summed E-state index contributed by atoms with van der Waals surface area (Å²) in [6.45, 7) is 0.329. The van der Waals surface area contributed by atoms with E-state index < -0.39 is 0 Å². The number of halogens is 1. The van der Waals surface area contributed by atoms with E-state index in [9.17, 15) is 14.4 Å². The fourth-order valence-corrected chi connectivity index (χ4v) is 3.55. The second-order valence-corrected chi connectivity index (χ2v) is 7.13. The molecule has 9 nitrogen and oxygen atoms in total. The van der Waals surface area contributed by atoms with E-state index in [1.54, 1.807) is 12.3 Å².